The fourth-order valence-electron chi connectivity index (χ4n) is 6.93. The molecule has 35 heavy (non-hydrogen) atoms. The molecule has 3 N–H and O–H groups in total. The van der Waals surface area contributed by atoms with Crippen molar-refractivity contribution < 1.29 is 23.1 Å². The number of anilines is 1. The van der Waals surface area contributed by atoms with Gasteiger partial charge in [0.25, 0.3) is 5.91 Å². The monoisotopic (exact) mass is 507 g/mol. The van der Waals surface area contributed by atoms with Gasteiger partial charge in [-0.15, -0.1) is 0 Å². The van der Waals surface area contributed by atoms with Crippen LogP contribution in [0.3, 0.4) is 0 Å². The van der Waals surface area contributed by atoms with Gasteiger partial charge in [-0.25, -0.2) is 17.8 Å². The predicted octanol–water partition coefficient (Wildman–Crippen LogP) is 1.19. The number of sulfonamides is 1. The first-order valence-electron chi connectivity index (χ1n) is 12.5. The lowest BCUT2D eigenvalue weighted by Gasteiger charge is -2.58. The lowest BCUT2D eigenvalue weighted by atomic mass is 9.52. The summed E-state index contributed by atoms with van der Waals surface area (Å²) in [7, 11) is -3.39. The second-order valence-corrected chi connectivity index (χ2v) is 13.3. The molecule has 11 heteroatoms. The van der Waals surface area contributed by atoms with Gasteiger partial charge in [0, 0.05) is 30.9 Å². The molecule has 0 spiro atoms. The van der Waals surface area contributed by atoms with Crippen molar-refractivity contribution in [3.05, 3.63) is 17.8 Å². The number of nitrogens with zero attached hydrogens (tertiary/aromatic N) is 3. The molecule has 0 radical (unpaired) electrons. The van der Waals surface area contributed by atoms with Crippen molar-refractivity contribution in [3.63, 3.8) is 0 Å². The molecule has 10 nitrogen and oxygen atoms in total. The van der Waals surface area contributed by atoms with Crippen LogP contribution in [-0.4, -0.2) is 79.0 Å². The first-order chi connectivity index (χ1) is 16.4. The number of hydrogen-bond donors (Lipinski definition) is 3. The highest BCUT2D eigenvalue weighted by Crippen LogP contribution is 2.55. The molecule has 1 aromatic heterocycles. The minimum atomic E-state index is -3.39. The number of morpholine rings is 1. The van der Waals surface area contributed by atoms with E-state index >= 15 is 0 Å². The van der Waals surface area contributed by atoms with Crippen LogP contribution in [0.25, 0.3) is 6.20 Å². The molecule has 1 aliphatic heterocycles. The van der Waals surface area contributed by atoms with E-state index in [2.05, 4.69) is 20.0 Å². The van der Waals surface area contributed by atoms with Crippen molar-refractivity contribution in [2.24, 2.45) is 17.8 Å². The van der Waals surface area contributed by atoms with Gasteiger partial charge in [-0.2, -0.15) is 5.10 Å². The van der Waals surface area contributed by atoms with E-state index in [0.29, 0.717) is 55.4 Å². The van der Waals surface area contributed by atoms with Crippen molar-refractivity contribution in [2.45, 2.75) is 63.1 Å². The Labute approximate surface area is 207 Å². The van der Waals surface area contributed by atoms with Crippen LogP contribution >= 0.6 is 0 Å². The number of amides is 1. The van der Waals surface area contributed by atoms with Crippen LogP contribution in [0.2, 0.25) is 0 Å². The molecular formula is C24H37N5O5S. The number of carbonyl (C=O) groups is 1. The molecule has 6 rings (SSSR count). The number of rotatable bonds is 7. The van der Waals surface area contributed by atoms with Crippen molar-refractivity contribution in [3.8, 4) is 0 Å². The first kappa shape index (κ1) is 24.7. The Morgan fingerprint density at radius 2 is 1.89 bits per heavy atom. The lowest BCUT2D eigenvalue weighted by Crippen LogP contribution is -2.61. The smallest absolute Gasteiger partial charge is 0.256 e. The number of ether oxygens (including phenoxy) is 1. The van der Waals surface area contributed by atoms with Gasteiger partial charge in [0.1, 0.15) is 11.4 Å². The molecule has 194 valence electrons. The van der Waals surface area contributed by atoms with E-state index in [-0.39, 0.29) is 11.9 Å². The molecule has 4 aliphatic carbocycles. The second-order valence-electron chi connectivity index (χ2n) is 11.5. The lowest BCUT2D eigenvalue weighted by molar-refractivity contribution is -0.136. The molecule has 1 amide bonds. The third-order valence-corrected chi connectivity index (χ3v) is 8.84. The van der Waals surface area contributed by atoms with Crippen LogP contribution in [0.1, 0.15) is 56.3 Å². The molecule has 5 aliphatic rings. The first-order valence-corrected chi connectivity index (χ1v) is 14.4. The molecule has 1 saturated heterocycles. The van der Waals surface area contributed by atoms with Crippen LogP contribution in [0.15, 0.2) is 12.3 Å². The van der Waals surface area contributed by atoms with E-state index < -0.39 is 21.2 Å². The summed E-state index contributed by atoms with van der Waals surface area (Å²) >= 11 is 0. The highest BCUT2D eigenvalue weighted by Gasteiger charge is 2.55. The van der Waals surface area contributed by atoms with Crippen molar-refractivity contribution in [1.29, 1.82) is 0 Å². The second kappa shape index (κ2) is 8.86. The summed E-state index contributed by atoms with van der Waals surface area (Å²) in [6.07, 6.45) is 10.7. The number of nitrogens with one attached hydrogen (secondary N) is 2. The predicted molar refractivity (Wildman–Crippen MR) is 132 cm³/mol. The quantitative estimate of drug-likeness (QED) is 0.506. The summed E-state index contributed by atoms with van der Waals surface area (Å²) in [6, 6.07) is 0.0775. The van der Waals surface area contributed by atoms with Gasteiger partial charge in [0.2, 0.25) is 10.0 Å². The average molecular weight is 508 g/mol. The normalized spacial score (nSPS) is 33.0. The third kappa shape index (κ3) is 5.28. The van der Waals surface area contributed by atoms with E-state index in [1.54, 1.807) is 37.0 Å². The SMILES string of the molecule is CC(C)(/C=C/n1ncc(C(=O)NC2C3CC4CC2CC(O)(C4)C3)c1N1CCOCC1)NS(C)(=O)=O. The molecule has 2 unspecified atom stereocenters. The van der Waals surface area contributed by atoms with E-state index in [1.807, 2.05) is 0 Å². The molecular weight excluding hydrogens is 470 g/mol. The van der Waals surface area contributed by atoms with Crippen molar-refractivity contribution in [2.75, 3.05) is 37.5 Å². The van der Waals surface area contributed by atoms with E-state index in [1.165, 1.54) is 0 Å². The molecule has 4 saturated carbocycles. The maximum absolute atomic E-state index is 13.6. The molecule has 5 fully saturated rings. The van der Waals surface area contributed by atoms with Gasteiger partial charge < -0.3 is 20.1 Å². The fourth-order valence-corrected chi connectivity index (χ4v) is 7.95. The fraction of sp³-hybridized carbons (Fsp3) is 0.750. The minimum absolute atomic E-state index is 0.0775. The van der Waals surface area contributed by atoms with Crippen LogP contribution in [0.4, 0.5) is 5.82 Å². The van der Waals surface area contributed by atoms with Gasteiger partial charge in [-0.1, -0.05) is 0 Å². The van der Waals surface area contributed by atoms with E-state index in [9.17, 15) is 18.3 Å². The summed E-state index contributed by atoms with van der Waals surface area (Å²) in [5, 5.41) is 18.7. The molecule has 2 heterocycles. The van der Waals surface area contributed by atoms with E-state index in [0.717, 1.165) is 38.4 Å². The standard InChI is InChI=1S/C24H37N5O5S/c1-23(2,27-35(3,32)33)4-5-29-22(28-6-8-34-9-7-28)19(15-25-29)21(30)26-20-17-10-16-11-18(20)14-24(31,12-16)13-17/h4-5,15-18,20,27,31H,6-14H2,1-3H3,(H,26,30)/b5-4+. The largest absolute Gasteiger partial charge is 0.390 e. The molecule has 2 atom stereocenters. The molecule has 4 bridgehead atoms. The number of aliphatic hydroxyl groups is 1. The Morgan fingerprint density at radius 3 is 2.49 bits per heavy atom. The van der Waals surface area contributed by atoms with Crippen LogP contribution in [0, 0.1) is 17.8 Å². The Kier molecular flexibility index (Phi) is 6.26. The van der Waals surface area contributed by atoms with Crippen LogP contribution in [0.5, 0.6) is 0 Å². The summed E-state index contributed by atoms with van der Waals surface area (Å²) in [5.41, 5.74) is -0.873. The molecule has 0 aromatic carbocycles. The maximum atomic E-state index is 13.6. The summed E-state index contributed by atoms with van der Waals surface area (Å²) in [6.45, 7) is 5.91. The zero-order valence-electron chi connectivity index (χ0n) is 20.7. The maximum Gasteiger partial charge on any atom is 0.256 e. The van der Waals surface area contributed by atoms with Gasteiger partial charge in [-0.05, 0) is 69.8 Å². The van der Waals surface area contributed by atoms with Gasteiger partial charge >= 0.3 is 0 Å². The highest BCUT2D eigenvalue weighted by atomic mass is 32.2. The summed E-state index contributed by atoms with van der Waals surface area (Å²) < 4.78 is 33.2. The Bertz CT molecular complexity index is 1090. The molecule has 1 aromatic rings. The zero-order chi connectivity index (χ0) is 25.0. The number of hydrogen-bond acceptors (Lipinski definition) is 7. The van der Waals surface area contributed by atoms with Crippen LogP contribution in [-0.2, 0) is 14.8 Å². The topological polar surface area (TPSA) is 126 Å². The Morgan fingerprint density at radius 1 is 1.23 bits per heavy atom. The van der Waals surface area contributed by atoms with Gasteiger partial charge in [0.05, 0.1) is 31.3 Å². The van der Waals surface area contributed by atoms with Gasteiger partial charge in [-0.3, -0.25) is 4.79 Å². The zero-order valence-corrected chi connectivity index (χ0v) is 21.6. The third-order valence-electron chi connectivity index (χ3n) is 7.94. The Balaban J connectivity index is 1.39. The minimum Gasteiger partial charge on any atom is -0.390 e. The summed E-state index contributed by atoms with van der Waals surface area (Å²) in [5.74, 6) is 1.75. The number of aromatic nitrogens is 2. The number of carbonyl (C=O) groups excluding carboxylic acids is 1. The summed E-state index contributed by atoms with van der Waals surface area (Å²) in [4.78, 5) is 15.7. The average Bonchev–Trinajstić information content (AvgIpc) is 3.17. The highest BCUT2D eigenvalue weighted by molar-refractivity contribution is 7.88. The van der Waals surface area contributed by atoms with Gasteiger partial charge in [0.15, 0.2) is 0 Å². The van der Waals surface area contributed by atoms with Crippen molar-refractivity contribution >= 4 is 27.9 Å². The van der Waals surface area contributed by atoms with Crippen molar-refractivity contribution in [1.82, 2.24) is 19.8 Å². The Hall–Kier alpha value is -1.95. The van der Waals surface area contributed by atoms with Crippen LogP contribution < -0.4 is 14.9 Å². The van der Waals surface area contributed by atoms with E-state index in [4.69, 9.17) is 4.74 Å².